The maximum Gasteiger partial charge on any atom is 0.413 e. The van der Waals surface area contributed by atoms with Crippen LogP contribution in [-0.2, 0) is 4.74 Å². The van der Waals surface area contributed by atoms with Gasteiger partial charge in [-0.2, -0.15) is 0 Å². The molecule has 2 aromatic heterocycles. The molecule has 3 N–H and O–H groups in total. The summed E-state index contributed by atoms with van der Waals surface area (Å²) < 4.78 is 5.28. The molecule has 156 valence electrons. The van der Waals surface area contributed by atoms with Crippen LogP contribution in [0.2, 0.25) is 0 Å². The molecule has 9 heteroatoms. The molecular formula is C20H29N7O2. The van der Waals surface area contributed by atoms with Gasteiger partial charge in [0.25, 0.3) is 0 Å². The van der Waals surface area contributed by atoms with Gasteiger partial charge in [-0.1, -0.05) is 0 Å². The minimum Gasteiger partial charge on any atom is -0.444 e. The maximum atomic E-state index is 12.0. The number of hydrogen-bond acceptors (Lipinski definition) is 8. The number of carbonyl (C=O) groups excluding carboxylic acids is 1. The lowest BCUT2D eigenvalue weighted by Gasteiger charge is -2.23. The number of rotatable bonds is 3. The first-order valence-electron chi connectivity index (χ1n) is 9.74. The van der Waals surface area contributed by atoms with Crippen LogP contribution in [0.4, 0.5) is 22.2 Å². The summed E-state index contributed by atoms with van der Waals surface area (Å²) in [6, 6.07) is 3.56. The van der Waals surface area contributed by atoms with Gasteiger partial charge in [0.1, 0.15) is 11.4 Å². The van der Waals surface area contributed by atoms with Crippen molar-refractivity contribution in [1.29, 1.82) is 0 Å². The molecule has 9 nitrogen and oxygen atoms in total. The largest absolute Gasteiger partial charge is 0.444 e. The number of nitrogen functional groups attached to an aromatic ring is 1. The fraction of sp³-hybridized carbons (Fsp3) is 0.500. The first-order chi connectivity index (χ1) is 13.7. The molecule has 0 unspecified atom stereocenters. The molecule has 1 aliphatic rings. The number of anilines is 3. The molecule has 1 saturated heterocycles. The van der Waals surface area contributed by atoms with Crippen molar-refractivity contribution in [3.63, 3.8) is 0 Å². The van der Waals surface area contributed by atoms with Gasteiger partial charge in [0.2, 0.25) is 0 Å². The summed E-state index contributed by atoms with van der Waals surface area (Å²) in [5.74, 6) is 1.49. The van der Waals surface area contributed by atoms with Gasteiger partial charge in [0.15, 0.2) is 11.6 Å². The van der Waals surface area contributed by atoms with Gasteiger partial charge >= 0.3 is 6.09 Å². The van der Waals surface area contributed by atoms with Crippen molar-refractivity contribution in [2.24, 2.45) is 0 Å². The lowest BCUT2D eigenvalue weighted by molar-refractivity contribution is 0.0635. The molecule has 0 bridgehead atoms. The van der Waals surface area contributed by atoms with E-state index in [1.807, 2.05) is 26.8 Å². The van der Waals surface area contributed by atoms with E-state index in [4.69, 9.17) is 15.5 Å². The van der Waals surface area contributed by atoms with Crippen molar-refractivity contribution in [2.45, 2.75) is 32.8 Å². The molecule has 0 aliphatic carbocycles. The Bertz CT molecular complexity index is 866. The summed E-state index contributed by atoms with van der Waals surface area (Å²) in [5.41, 5.74) is 6.99. The second-order valence-corrected chi connectivity index (χ2v) is 8.16. The standard InChI is InChI=1S/C20H29N7O2/c1-20(2,3)29-19(28)25-16-12-14(6-7-22-16)15-13-23-17(21)18(24-15)27-9-5-8-26(4)10-11-27/h6-7,12-13H,5,8-11H2,1-4H3,(H2,21,23)(H,22,25,28). The molecule has 3 rings (SSSR count). The monoisotopic (exact) mass is 399 g/mol. The third-order valence-electron chi connectivity index (χ3n) is 4.49. The van der Waals surface area contributed by atoms with E-state index < -0.39 is 11.7 Å². The van der Waals surface area contributed by atoms with E-state index in [9.17, 15) is 4.79 Å². The van der Waals surface area contributed by atoms with Crippen LogP contribution in [0.15, 0.2) is 24.5 Å². The smallest absolute Gasteiger partial charge is 0.413 e. The van der Waals surface area contributed by atoms with Gasteiger partial charge in [-0.3, -0.25) is 5.32 Å². The Balaban J connectivity index is 1.81. The van der Waals surface area contributed by atoms with Gasteiger partial charge in [-0.05, 0) is 52.9 Å². The number of nitrogens with zero attached hydrogens (tertiary/aromatic N) is 5. The van der Waals surface area contributed by atoms with Gasteiger partial charge in [-0.25, -0.2) is 19.7 Å². The van der Waals surface area contributed by atoms with Crippen LogP contribution in [0.25, 0.3) is 11.3 Å². The van der Waals surface area contributed by atoms with E-state index in [-0.39, 0.29) is 0 Å². The molecule has 1 amide bonds. The molecule has 1 fully saturated rings. The molecular weight excluding hydrogens is 370 g/mol. The van der Waals surface area contributed by atoms with E-state index in [1.165, 1.54) is 0 Å². The molecule has 0 saturated carbocycles. The van der Waals surface area contributed by atoms with Gasteiger partial charge in [0.05, 0.1) is 11.9 Å². The van der Waals surface area contributed by atoms with Crippen LogP contribution >= 0.6 is 0 Å². The first kappa shape index (κ1) is 20.8. The number of carbonyl (C=O) groups is 1. The summed E-state index contributed by atoms with van der Waals surface area (Å²) in [6.07, 6.45) is 3.73. The number of ether oxygens (including phenoxy) is 1. The number of hydrogen-bond donors (Lipinski definition) is 2. The number of amides is 1. The average Bonchev–Trinajstić information content (AvgIpc) is 2.85. The second kappa shape index (κ2) is 8.60. The summed E-state index contributed by atoms with van der Waals surface area (Å²) in [7, 11) is 2.12. The van der Waals surface area contributed by atoms with E-state index in [2.05, 4.69) is 32.1 Å². The third-order valence-corrected chi connectivity index (χ3v) is 4.49. The molecule has 0 atom stereocenters. The summed E-state index contributed by atoms with van der Waals surface area (Å²) in [4.78, 5) is 29.8. The molecule has 0 spiro atoms. The summed E-state index contributed by atoms with van der Waals surface area (Å²) >= 11 is 0. The third kappa shape index (κ3) is 5.77. The number of likely N-dealkylation sites (N-methyl/N-ethyl adjacent to an activating group) is 1. The first-order valence-corrected chi connectivity index (χ1v) is 9.74. The second-order valence-electron chi connectivity index (χ2n) is 8.16. The lowest BCUT2D eigenvalue weighted by Crippen LogP contribution is -2.30. The number of nitrogens with two attached hydrogens (primary N) is 1. The Kier molecular flexibility index (Phi) is 6.17. The Labute approximate surface area is 171 Å². The molecule has 0 radical (unpaired) electrons. The van der Waals surface area contributed by atoms with Crippen LogP contribution in [0.3, 0.4) is 0 Å². The predicted molar refractivity (Wildman–Crippen MR) is 114 cm³/mol. The van der Waals surface area contributed by atoms with Gasteiger partial charge < -0.3 is 20.3 Å². The Hall–Kier alpha value is -2.94. The zero-order valence-corrected chi connectivity index (χ0v) is 17.5. The van der Waals surface area contributed by atoms with Crippen molar-refractivity contribution in [3.8, 4) is 11.3 Å². The van der Waals surface area contributed by atoms with Crippen molar-refractivity contribution in [2.75, 3.05) is 49.2 Å². The highest BCUT2D eigenvalue weighted by Gasteiger charge is 2.19. The van der Waals surface area contributed by atoms with E-state index in [1.54, 1.807) is 18.5 Å². The number of pyridine rings is 1. The fourth-order valence-electron chi connectivity index (χ4n) is 3.09. The van der Waals surface area contributed by atoms with Gasteiger partial charge in [-0.15, -0.1) is 0 Å². The quantitative estimate of drug-likeness (QED) is 0.810. The average molecular weight is 399 g/mol. The summed E-state index contributed by atoms with van der Waals surface area (Å²) in [6.45, 7) is 9.15. The van der Waals surface area contributed by atoms with Crippen molar-refractivity contribution in [1.82, 2.24) is 19.9 Å². The van der Waals surface area contributed by atoms with Crippen molar-refractivity contribution in [3.05, 3.63) is 24.5 Å². The molecule has 0 aromatic carbocycles. The van der Waals surface area contributed by atoms with Crippen molar-refractivity contribution >= 4 is 23.5 Å². The zero-order valence-electron chi connectivity index (χ0n) is 17.5. The SMILES string of the molecule is CN1CCCN(c2nc(-c3ccnc(NC(=O)OC(C)(C)C)c3)cnc2N)CC1. The molecule has 1 aliphatic heterocycles. The van der Waals surface area contributed by atoms with Crippen LogP contribution in [-0.4, -0.2) is 64.8 Å². The predicted octanol–water partition coefficient (Wildman–Crippen LogP) is 2.61. The molecule has 2 aromatic rings. The van der Waals surface area contributed by atoms with Crippen LogP contribution < -0.4 is 16.0 Å². The Morgan fingerprint density at radius 2 is 2.00 bits per heavy atom. The minimum atomic E-state index is -0.583. The highest BCUT2D eigenvalue weighted by atomic mass is 16.6. The van der Waals surface area contributed by atoms with E-state index >= 15 is 0 Å². The number of aromatic nitrogens is 3. The normalized spacial score (nSPS) is 15.7. The van der Waals surface area contributed by atoms with Crippen molar-refractivity contribution < 1.29 is 9.53 Å². The van der Waals surface area contributed by atoms with Crippen LogP contribution in [0.5, 0.6) is 0 Å². The highest BCUT2D eigenvalue weighted by Crippen LogP contribution is 2.26. The van der Waals surface area contributed by atoms with E-state index in [0.717, 1.165) is 38.2 Å². The topological polar surface area (TPSA) is 110 Å². The summed E-state index contributed by atoms with van der Waals surface area (Å²) in [5, 5.41) is 2.65. The van der Waals surface area contributed by atoms with E-state index in [0.29, 0.717) is 23.1 Å². The Morgan fingerprint density at radius 1 is 1.21 bits per heavy atom. The highest BCUT2D eigenvalue weighted by molar-refractivity contribution is 5.84. The van der Waals surface area contributed by atoms with Crippen LogP contribution in [0.1, 0.15) is 27.2 Å². The zero-order chi connectivity index (χ0) is 21.0. The number of nitrogens with one attached hydrogen (secondary N) is 1. The molecule has 29 heavy (non-hydrogen) atoms. The fourth-order valence-corrected chi connectivity index (χ4v) is 3.09. The lowest BCUT2D eigenvalue weighted by atomic mass is 10.2. The Morgan fingerprint density at radius 3 is 2.76 bits per heavy atom. The maximum absolute atomic E-state index is 12.0. The van der Waals surface area contributed by atoms with Gasteiger partial charge in [0, 0.05) is 31.4 Å². The minimum absolute atomic E-state index is 0.383. The molecule has 3 heterocycles. The van der Waals surface area contributed by atoms with Crippen LogP contribution in [0, 0.1) is 0 Å².